The van der Waals surface area contributed by atoms with Gasteiger partial charge in [0.1, 0.15) is 11.6 Å². The molecule has 0 spiro atoms. The Morgan fingerprint density at radius 2 is 1.78 bits per heavy atom. The van der Waals surface area contributed by atoms with E-state index < -0.39 is 0 Å². The molecule has 0 radical (unpaired) electrons. The van der Waals surface area contributed by atoms with Gasteiger partial charge in [0.05, 0.1) is 23.9 Å². The normalized spacial score (nSPS) is 11.6. The average Bonchev–Trinajstić information content (AvgIpc) is 3.52. The number of aryl methyl sites for hydroxylation is 2. The van der Waals surface area contributed by atoms with E-state index in [2.05, 4.69) is 73.1 Å². The highest BCUT2D eigenvalue weighted by atomic mass is 16.5. The van der Waals surface area contributed by atoms with Crippen LogP contribution in [0.1, 0.15) is 68.4 Å². The number of benzene rings is 2. The van der Waals surface area contributed by atoms with Crippen LogP contribution in [-0.4, -0.2) is 28.6 Å². The molecule has 2 heterocycles. The van der Waals surface area contributed by atoms with E-state index in [9.17, 15) is 4.79 Å². The molecular formula is C30H37N3O3. The molecule has 4 aromatic rings. The van der Waals surface area contributed by atoms with Crippen molar-refractivity contribution < 1.29 is 13.9 Å². The van der Waals surface area contributed by atoms with E-state index in [4.69, 9.17) is 14.1 Å². The monoisotopic (exact) mass is 487 g/mol. The molecule has 0 aliphatic heterocycles. The molecule has 0 aliphatic carbocycles. The van der Waals surface area contributed by atoms with E-state index in [0.717, 1.165) is 55.7 Å². The third kappa shape index (κ3) is 6.78. The standard InChI is InChI=1S/C30H37N3O3/c1-30(2,3)23-15-17-24(18-16-23)35-22-10-20-33-26-12-7-6-11-25(26)32-28(33)14-5-4-8-19-31-29(34)27-13-9-21-36-27/h6-7,9,11-13,15-18,21H,4-5,8,10,14,19-20,22H2,1-3H3,(H,31,34). The highest BCUT2D eigenvalue weighted by Crippen LogP contribution is 2.24. The third-order valence-electron chi connectivity index (χ3n) is 6.36. The van der Waals surface area contributed by atoms with Crippen LogP contribution in [0.15, 0.2) is 71.3 Å². The van der Waals surface area contributed by atoms with Gasteiger partial charge in [0, 0.05) is 19.5 Å². The number of aromatic nitrogens is 2. The van der Waals surface area contributed by atoms with Gasteiger partial charge in [-0.25, -0.2) is 4.98 Å². The van der Waals surface area contributed by atoms with Crippen molar-refractivity contribution in [1.29, 1.82) is 0 Å². The van der Waals surface area contributed by atoms with Crippen molar-refractivity contribution in [2.75, 3.05) is 13.2 Å². The minimum absolute atomic E-state index is 0.144. The number of hydrogen-bond donors (Lipinski definition) is 1. The Morgan fingerprint density at radius 1 is 0.972 bits per heavy atom. The Hall–Kier alpha value is -3.54. The summed E-state index contributed by atoms with van der Waals surface area (Å²) >= 11 is 0. The fourth-order valence-corrected chi connectivity index (χ4v) is 4.31. The van der Waals surface area contributed by atoms with Crippen LogP contribution in [0.25, 0.3) is 11.0 Å². The topological polar surface area (TPSA) is 69.3 Å². The van der Waals surface area contributed by atoms with Crippen LogP contribution in [0.3, 0.4) is 0 Å². The molecule has 4 rings (SSSR count). The lowest BCUT2D eigenvalue weighted by Crippen LogP contribution is -2.23. The molecular weight excluding hydrogens is 450 g/mol. The smallest absolute Gasteiger partial charge is 0.286 e. The summed E-state index contributed by atoms with van der Waals surface area (Å²) in [6, 6.07) is 20.2. The molecule has 1 N–H and O–H groups in total. The van der Waals surface area contributed by atoms with Gasteiger partial charge < -0.3 is 19.0 Å². The Morgan fingerprint density at radius 3 is 2.53 bits per heavy atom. The minimum atomic E-state index is -0.158. The van der Waals surface area contributed by atoms with Crippen molar-refractivity contribution in [1.82, 2.24) is 14.9 Å². The summed E-state index contributed by atoms with van der Waals surface area (Å²) in [5.74, 6) is 2.23. The number of fused-ring (bicyclic) bond motifs is 1. The number of amides is 1. The molecule has 1 amide bonds. The van der Waals surface area contributed by atoms with Crippen molar-refractivity contribution in [2.45, 2.75) is 64.8 Å². The van der Waals surface area contributed by atoms with Crippen molar-refractivity contribution in [3.05, 3.63) is 84.1 Å². The number of carbonyl (C=O) groups is 1. The first-order valence-electron chi connectivity index (χ1n) is 12.9. The van der Waals surface area contributed by atoms with E-state index in [-0.39, 0.29) is 11.3 Å². The molecule has 0 aliphatic rings. The number of para-hydroxylation sites is 2. The first kappa shape index (κ1) is 25.5. The lowest BCUT2D eigenvalue weighted by atomic mass is 9.87. The lowest BCUT2D eigenvalue weighted by molar-refractivity contribution is 0.0925. The number of imidazole rings is 1. The molecule has 36 heavy (non-hydrogen) atoms. The Labute approximate surface area is 213 Å². The van der Waals surface area contributed by atoms with Crippen LogP contribution in [-0.2, 0) is 18.4 Å². The van der Waals surface area contributed by atoms with Gasteiger partial charge in [0.15, 0.2) is 5.76 Å². The third-order valence-corrected chi connectivity index (χ3v) is 6.36. The maximum absolute atomic E-state index is 11.9. The number of unbranched alkanes of at least 4 members (excludes halogenated alkanes) is 2. The molecule has 0 saturated carbocycles. The maximum Gasteiger partial charge on any atom is 0.286 e. The highest BCUT2D eigenvalue weighted by Gasteiger charge is 2.13. The fourth-order valence-electron chi connectivity index (χ4n) is 4.31. The maximum atomic E-state index is 11.9. The Bertz CT molecular complexity index is 1230. The average molecular weight is 488 g/mol. The highest BCUT2D eigenvalue weighted by molar-refractivity contribution is 5.91. The summed E-state index contributed by atoms with van der Waals surface area (Å²) in [6.45, 7) is 8.83. The predicted molar refractivity (Wildman–Crippen MR) is 144 cm³/mol. The van der Waals surface area contributed by atoms with Crippen LogP contribution >= 0.6 is 0 Å². The van der Waals surface area contributed by atoms with Gasteiger partial charge >= 0.3 is 0 Å². The number of carbonyl (C=O) groups excluding carboxylic acids is 1. The molecule has 6 heteroatoms. The zero-order valence-electron chi connectivity index (χ0n) is 21.6. The molecule has 2 aromatic carbocycles. The number of ether oxygens (including phenoxy) is 1. The van der Waals surface area contributed by atoms with Crippen LogP contribution in [0.5, 0.6) is 5.75 Å². The SMILES string of the molecule is CC(C)(C)c1ccc(OCCCn2c(CCCCCNC(=O)c3ccco3)nc3ccccc32)cc1. The summed E-state index contributed by atoms with van der Waals surface area (Å²) < 4.78 is 13.5. The van der Waals surface area contributed by atoms with Crippen molar-refractivity contribution >= 4 is 16.9 Å². The van der Waals surface area contributed by atoms with Crippen molar-refractivity contribution in [3.8, 4) is 5.75 Å². The fraction of sp³-hybridized carbons (Fsp3) is 0.400. The molecule has 0 unspecified atom stereocenters. The lowest BCUT2D eigenvalue weighted by Gasteiger charge is -2.19. The van der Waals surface area contributed by atoms with Crippen LogP contribution in [0, 0.1) is 0 Å². The van der Waals surface area contributed by atoms with Gasteiger partial charge in [-0.3, -0.25) is 4.79 Å². The van der Waals surface area contributed by atoms with Crippen molar-refractivity contribution in [3.63, 3.8) is 0 Å². The number of rotatable bonds is 12. The summed E-state index contributed by atoms with van der Waals surface area (Å²) in [5, 5.41) is 2.91. The molecule has 0 atom stereocenters. The minimum Gasteiger partial charge on any atom is -0.494 e. The zero-order valence-corrected chi connectivity index (χ0v) is 21.6. The van der Waals surface area contributed by atoms with E-state index in [0.29, 0.717) is 18.9 Å². The van der Waals surface area contributed by atoms with Crippen LogP contribution in [0.2, 0.25) is 0 Å². The first-order chi connectivity index (χ1) is 17.4. The zero-order chi connectivity index (χ0) is 25.4. The molecule has 2 aromatic heterocycles. The summed E-state index contributed by atoms with van der Waals surface area (Å²) in [6.07, 6.45) is 6.31. The van der Waals surface area contributed by atoms with Gasteiger partial charge in [0.25, 0.3) is 5.91 Å². The van der Waals surface area contributed by atoms with Gasteiger partial charge in [-0.1, -0.05) is 51.5 Å². The van der Waals surface area contributed by atoms with Gasteiger partial charge in [-0.05, 0) is 66.6 Å². The second kappa shape index (κ2) is 11.9. The first-order valence-corrected chi connectivity index (χ1v) is 12.9. The number of nitrogens with zero attached hydrogens (tertiary/aromatic N) is 2. The largest absolute Gasteiger partial charge is 0.494 e. The van der Waals surface area contributed by atoms with Gasteiger partial charge in [-0.2, -0.15) is 0 Å². The van der Waals surface area contributed by atoms with E-state index >= 15 is 0 Å². The predicted octanol–water partition coefficient (Wildman–Crippen LogP) is 6.54. The van der Waals surface area contributed by atoms with Gasteiger partial charge in [-0.15, -0.1) is 0 Å². The van der Waals surface area contributed by atoms with E-state index in [1.807, 2.05) is 6.07 Å². The Kier molecular flexibility index (Phi) is 8.47. The number of nitrogens with one attached hydrogen (secondary N) is 1. The second-order valence-electron chi connectivity index (χ2n) is 10.2. The Balaban J connectivity index is 1.25. The van der Waals surface area contributed by atoms with E-state index in [1.165, 1.54) is 17.3 Å². The number of hydrogen-bond acceptors (Lipinski definition) is 4. The molecule has 0 bridgehead atoms. The van der Waals surface area contributed by atoms with Crippen LogP contribution < -0.4 is 10.1 Å². The quantitative estimate of drug-likeness (QED) is 0.230. The second-order valence-corrected chi connectivity index (χ2v) is 10.2. The van der Waals surface area contributed by atoms with Gasteiger partial charge in [0.2, 0.25) is 0 Å². The molecule has 0 fully saturated rings. The van der Waals surface area contributed by atoms with E-state index in [1.54, 1.807) is 12.1 Å². The molecule has 0 saturated heterocycles. The van der Waals surface area contributed by atoms with Crippen molar-refractivity contribution in [2.24, 2.45) is 0 Å². The molecule has 190 valence electrons. The van der Waals surface area contributed by atoms with Crippen LogP contribution in [0.4, 0.5) is 0 Å². The number of furan rings is 1. The summed E-state index contributed by atoms with van der Waals surface area (Å²) in [7, 11) is 0. The molecule has 6 nitrogen and oxygen atoms in total. The summed E-state index contributed by atoms with van der Waals surface area (Å²) in [4.78, 5) is 16.8. The summed E-state index contributed by atoms with van der Waals surface area (Å²) in [5.41, 5.74) is 3.67.